The van der Waals surface area contributed by atoms with Gasteiger partial charge in [0.25, 0.3) is 5.91 Å². The lowest BCUT2D eigenvalue weighted by atomic mass is 10.1. The Balaban J connectivity index is 1.62. The number of nitrogens with zero attached hydrogens (tertiary/aromatic N) is 2. The summed E-state index contributed by atoms with van der Waals surface area (Å²) in [6, 6.07) is 10.3. The van der Waals surface area contributed by atoms with Gasteiger partial charge in [0, 0.05) is 23.9 Å². The maximum atomic E-state index is 12.9. The Labute approximate surface area is 215 Å². The summed E-state index contributed by atoms with van der Waals surface area (Å²) in [7, 11) is -4.14. The minimum Gasteiger partial charge on any atom is -0.480 e. The topological polar surface area (TPSA) is 190 Å². The highest BCUT2D eigenvalue weighted by Gasteiger charge is 2.28. The fourth-order valence-electron chi connectivity index (χ4n) is 4.08. The third-order valence-electron chi connectivity index (χ3n) is 5.64. The molecule has 0 aliphatic heterocycles. The molecule has 0 bridgehead atoms. The number of carboxylic acids is 1. The third kappa shape index (κ3) is 7.24. The number of carboxylic acid groups (broad SMARTS) is 1. The predicted molar refractivity (Wildman–Crippen MR) is 139 cm³/mol. The molecule has 3 aromatic rings. The number of aromatic nitrogens is 2. The number of aryl methyl sites for hydroxylation is 5. The Hall–Kier alpha value is -4.03. The molecule has 0 spiro atoms. The van der Waals surface area contributed by atoms with Crippen molar-refractivity contribution < 1.29 is 23.1 Å². The van der Waals surface area contributed by atoms with Gasteiger partial charge in [-0.05, 0) is 62.4 Å². The van der Waals surface area contributed by atoms with Gasteiger partial charge in [-0.3, -0.25) is 9.59 Å². The van der Waals surface area contributed by atoms with Crippen LogP contribution in [0.15, 0.2) is 47.4 Å². The molecule has 7 N–H and O–H groups in total. The molecule has 37 heavy (non-hydrogen) atoms. The predicted octanol–water partition coefficient (Wildman–Crippen LogP) is 1.51. The molecule has 0 radical (unpaired) electrons. The Morgan fingerprint density at radius 1 is 0.973 bits per heavy atom. The van der Waals surface area contributed by atoms with Crippen LogP contribution >= 0.6 is 0 Å². The SMILES string of the molecule is Cc1cc(C)c(S(=O)(=O)N[C@@H](CNC(=O)c2ccc(CCc3cc(N)nc(N)n3)cc2)C(=O)O)c(C)c1. The molecule has 0 aliphatic rings. The average Bonchev–Trinajstić information content (AvgIpc) is 2.79. The molecule has 1 atom stereocenters. The van der Waals surface area contributed by atoms with E-state index in [1.165, 1.54) is 0 Å². The van der Waals surface area contributed by atoms with Crippen LogP contribution in [-0.2, 0) is 27.7 Å². The molecule has 0 saturated carbocycles. The van der Waals surface area contributed by atoms with Crippen molar-refractivity contribution in [2.45, 2.75) is 44.6 Å². The van der Waals surface area contributed by atoms with E-state index >= 15 is 0 Å². The molecule has 0 unspecified atom stereocenters. The Morgan fingerprint density at radius 2 is 1.59 bits per heavy atom. The summed E-state index contributed by atoms with van der Waals surface area (Å²) >= 11 is 0. The number of nitrogen functional groups attached to an aromatic ring is 2. The number of aliphatic carboxylic acids is 1. The van der Waals surface area contributed by atoms with E-state index in [0.717, 1.165) is 11.1 Å². The van der Waals surface area contributed by atoms with Crippen LogP contribution in [0.1, 0.15) is 38.3 Å². The van der Waals surface area contributed by atoms with Crippen LogP contribution in [0.2, 0.25) is 0 Å². The van der Waals surface area contributed by atoms with E-state index in [1.807, 2.05) is 6.92 Å². The minimum atomic E-state index is -4.14. The molecule has 196 valence electrons. The van der Waals surface area contributed by atoms with Crippen LogP contribution in [0.25, 0.3) is 0 Å². The summed E-state index contributed by atoms with van der Waals surface area (Å²) in [4.78, 5) is 32.3. The van der Waals surface area contributed by atoms with E-state index in [0.29, 0.717) is 41.0 Å². The number of anilines is 2. The minimum absolute atomic E-state index is 0.0265. The van der Waals surface area contributed by atoms with E-state index in [4.69, 9.17) is 11.5 Å². The van der Waals surface area contributed by atoms with Gasteiger partial charge in [0.15, 0.2) is 0 Å². The van der Waals surface area contributed by atoms with Crippen molar-refractivity contribution in [1.29, 1.82) is 0 Å². The first-order chi connectivity index (χ1) is 17.4. The number of hydrogen-bond donors (Lipinski definition) is 5. The molecule has 1 heterocycles. The van der Waals surface area contributed by atoms with Gasteiger partial charge in [-0.2, -0.15) is 9.71 Å². The Kier molecular flexibility index (Phi) is 8.46. The first-order valence-electron chi connectivity index (χ1n) is 11.4. The number of hydrogen-bond acceptors (Lipinski definition) is 8. The summed E-state index contributed by atoms with van der Waals surface area (Å²) in [6.07, 6.45) is 1.20. The standard InChI is InChI=1S/C25H30N6O5S/c1-14-10-15(2)22(16(3)11-14)37(35,36)31-20(24(33)34)13-28-23(32)18-7-4-17(5-8-18)6-9-19-12-21(26)30-25(27)29-19/h4-5,7-8,10-12,20,31H,6,9,13H2,1-3H3,(H,28,32)(H,33,34)(H4,26,27,29,30)/t20-/m0/s1. The second kappa shape index (κ2) is 11.4. The molecular weight excluding hydrogens is 496 g/mol. The number of rotatable bonds is 10. The summed E-state index contributed by atoms with van der Waals surface area (Å²) in [5.74, 6) is -1.54. The lowest BCUT2D eigenvalue weighted by molar-refractivity contribution is -0.138. The van der Waals surface area contributed by atoms with E-state index in [-0.39, 0.29) is 10.8 Å². The molecule has 0 fully saturated rings. The van der Waals surface area contributed by atoms with E-state index in [9.17, 15) is 23.1 Å². The summed E-state index contributed by atoms with van der Waals surface area (Å²) in [5, 5.41) is 12.1. The van der Waals surface area contributed by atoms with Crippen molar-refractivity contribution in [3.05, 3.63) is 76.0 Å². The largest absolute Gasteiger partial charge is 0.480 e. The van der Waals surface area contributed by atoms with Crippen LogP contribution in [0.3, 0.4) is 0 Å². The molecule has 1 amide bonds. The van der Waals surface area contributed by atoms with Gasteiger partial charge in [-0.15, -0.1) is 0 Å². The van der Waals surface area contributed by atoms with E-state index in [2.05, 4.69) is 20.0 Å². The zero-order chi connectivity index (χ0) is 27.3. The highest BCUT2D eigenvalue weighted by molar-refractivity contribution is 7.89. The van der Waals surface area contributed by atoms with E-state index < -0.39 is 34.5 Å². The number of nitrogens with two attached hydrogens (primary N) is 2. The molecule has 11 nitrogen and oxygen atoms in total. The summed E-state index contributed by atoms with van der Waals surface area (Å²) < 4.78 is 28.1. The molecule has 2 aromatic carbocycles. The van der Waals surface area contributed by atoms with E-state index in [1.54, 1.807) is 56.3 Å². The van der Waals surface area contributed by atoms with Gasteiger partial charge in [0.05, 0.1) is 4.90 Å². The molecule has 1 aromatic heterocycles. The van der Waals surface area contributed by atoms with Crippen LogP contribution in [0.4, 0.5) is 11.8 Å². The Bertz CT molecular complexity index is 1380. The fourth-order valence-corrected chi connectivity index (χ4v) is 5.72. The van der Waals surface area contributed by atoms with Crippen molar-refractivity contribution in [3.63, 3.8) is 0 Å². The second-order valence-electron chi connectivity index (χ2n) is 8.79. The van der Waals surface area contributed by atoms with Crippen LogP contribution in [0.5, 0.6) is 0 Å². The number of carbonyl (C=O) groups is 2. The Morgan fingerprint density at radius 3 is 2.16 bits per heavy atom. The van der Waals surface area contributed by atoms with Crippen LogP contribution < -0.4 is 21.5 Å². The molecule has 3 rings (SSSR count). The van der Waals surface area contributed by atoms with Crippen molar-refractivity contribution >= 4 is 33.7 Å². The summed E-state index contributed by atoms with van der Waals surface area (Å²) in [6.45, 7) is 4.70. The smallest absolute Gasteiger partial charge is 0.323 e. The second-order valence-corrected chi connectivity index (χ2v) is 10.4. The van der Waals surface area contributed by atoms with Crippen molar-refractivity contribution in [1.82, 2.24) is 20.0 Å². The first kappa shape index (κ1) is 27.6. The maximum absolute atomic E-state index is 12.9. The quantitative estimate of drug-likeness (QED) is 0.261. The van der Waals surface area contributed by atoms with Gasteiger partial charge in [0.1, 0.15) is 11.9 Å². The van der Waals surface area contributed by atoms with Crippen LogP contribution in [0, 0.1) is 20.8 Å². The van der Waals surface area contributed by atoms with Crippen LogP contribution in [-0.4, -0.2) is 48.0 Å². The number of benzene rings is 2. The normalized spacial score (nSPS) is 12.2. The van der Waals surface area contributed by atoms with Gasteiger partial charge in [-0.25, -0.2) is 13.4 Å². The molecule has 0 saturated heterocycles. The van der Waals surface area contributed by atoms with Crippen molar-refractivity contribution in [2.24, 2.45) is 0 Å². The van der Waals surface area contributed by atoms with Crippen molar-refractivity contribution in [2.75, 3.05) is 18.0 Å². The highest BCUT2D eigenvalue weighted by Crippen LogP contribution is 2.22. The maximum Gasteiger partial charge on any atom is 0.323 e. The third-order valence-corrected chi connectivity index (χ3v) is 7.41. The molecule has 12 heteroatoms. The zero-order valence-electron chi connectivity index (χ0n) is 20.8. The fraction of sp³-hybridized carbons (Fsp3) is 0.280. The average molecular weight is 527 g/mol. The number of nitrogens with one attached hydrogen (secondary N) is 2. The highest BCUT2D eigenvalue weighted by atomic mass is 32.2. The lowest BCUT2D eigenvalue weighted by Crippen LogP contribution is -2.48. The van der Waals surface area contributed by atoms with Gasteiger partial charge in [0.2, 0.25) is 16.0 Å². The molecular formula is C25H30N6O5S. The lowest BCUT2D eigenvalue weighted by Gasteiger charge is -2.18. The van der Waals surface area contributed by atoms with Crippen molar-refractivity contribution in [3.8, 4) is 0 Å². The number of sulfonamides is 1. The monoisotopic (exact) mass is 526 g/mol. The summed E-state index contributed by atoms with van der Waals surface area (Å²) in [5.41, 5.74) is 15.1. The van der Waals surface area contributed by atoms with Gasteiger partial charge >= 0.3 is 5.97 Å². The van der Waals surface area contributed by atoms with Gasteiger partial charge < -0.3 is 21.9 Å². The number of amides is 1. The zero-order valence-corrected chi connectivity index (χ0v) is 21.6. The van der Waals surface area contributed by atoms with Gasteiger partial charge in [-0.1, -0.05) is 29.8 Å². The molecule has 0 aliphatic carbocycles. The first-order valence-corrected chi connectivity index (χ1v) is 12.9. The number of carbonyl (C=O) groups excluding carboxylic acids is 1.